The summed E-state index contributed by atoms with van der Waals surface area (Å²) in [6, 6.07) is 4.03. The van der Waals surface area contributed by atoms with Crippen molar-refractivity contribution < 1.29 is 9.26 Å². The minimum atomic E-state index is 0.239. The first-order valence-corrected chi connectivity index (χ1v) is 6.18. The van der Waals surface area contributed by atoms with Crippen LogP contribution in [0.2, 0.25) is 0 Å². The number of aromatic nitrogens is 2. The molecule has 0 saturated heterocycles. The van der Waals surface area contributed by atoms with Crippen LogP contribution in [0.1, 0.15) is 11.5 Å². The number of benzene rings is 1. The number of fused-ring (bicyclic) bond motifs is 1. The van der Waals surface area contributed by atoms with E-state index in [-0.39, 0.29) is 6.54 Å². The summed E-state index contributed by atoms with van der Waals surface area (Å²) in [6.45, 7) is 1.23. The van der Waals surface area contributed by atoms with Gasteiger partial charge >= 0.3 is 0 Å². The van der Waals surface area contributed by atoms with Crippen molar-refractivity contribution in [2.24, 2.45) is 5.73 Å². The average Bonchev–Trinajstić information content (AvgIpc) is 3.05. The molecular weight excluding hydrogens is 244 g/mol. The average molecular weight is 260 g/mol. The minimum absolute atomic E-state index is 0.239. The molecule has 6 heteroatoms. The van der Waals surface area contributed by atoms with E-state index in [0.717, 1.165) is 24.3 Å². The summed E-state index contributed by atoms with van der Waals surface area (Å²) in [5.41, 5.74) is 8.73. The van der Waals surface area contributed by atoms with E-state index in [1.165, 1.54) is 11.3 Å². The Balaban J connectivity index is 2.12. The molecule has 1 aromatic heterocycles. The Labute approximate surface area is 111 Å². The number of hydrogen-bond acceptors (Lipinski definition) is 6. The Hall–Kier alpha value is -2.08. The standard InChI is InChI=1S/C13H16N4O2/c1-17-6-5-8-10(17)4-3-9(12(8)18-2)13-15-11(7-14)19-16-13/h3-4H,5-7,14H2,1-2H3. The summed E-state index contributed by atoms with van der Waals surface area (Å²) in [5, 5.41) is 3.95. The Bertz CT molecular complexity index is 609. The highest BCUT2D eigenvalue weighted by Gasteiger charge is 2.24. The number of nitrogens with two attached hydrogens (primary N) is 1. The van der Waals surface area contributed by atoms with Gasteiger partial charge in [-0.25, -0.2) is 0 Å². The van der Waals surface area contributed by atoms with Crippen LogP contribution in [0.15, 0.2) is 16.7 Å². The molecule has 0 saturated carbocycles. The van der Waals surface area contributed by atoms with Gasteiger partial charge in [-0.05, 0) is 18.6 Å². The van der Waals surface area contributed by atoms with Crippen molar-refractivity contribution in [2.75, 3.05) is 25.6 Å². The summed E-state index contributed by atoms with van der Waals surface area (Å²) in [4.78, 5) is 6.47. The maximum Gasteiger partial charge on any atom is 0.240 e. The second-order valence-corrected chi connectivity index (χ2v) is 4.53. The Morgan fingerprint density at radius 2 is 2.32 bits per heavy atom. The van der Waals surface area contributed by atoms with E-state index >= 15 is 0 Å². The quantitative estimate of drug-likeness (QED) is 0.893. The number of rotatable bonds is 3. The molecule has 0 bridgehead atoms. The molecule has 3 rings (SSSR count). The summed E-state index contributed by atoms with van der Waals surface area (Å²) < 4.78 is 10.6. The molecule has 100 valence electrons. The van der Waals surface area contributed by atoms with Gasteiger partial charge in [0.15, 0.2) is 0 Å². The van der Waals surface area contributed by atoms with Crippen LogP contribution in [0, 0.1) is 0 Å². The molecule has 0 atom stereocenters. The van der Waals surface area contributed by atoms with Crippen molar-refractivity contribution in [1.29, 1.82) is 0 Å². The van der Waals surface area contributed by atoms with Crippen LogP contribution in [0.4, 0.5) is 5.69 Å². The van der Waals surface area contributed by atoms with Crippen LogP contribution < -0.4 is 15.4 Å². The molecule has 0 aliphatic carbocycles. The van der Waals surface area contributed by atoms with Gasteiger partial charge in [0, 0.05) is 24.8 Å². The maximum absolute atomic E-state index is 5.55. The number of likely N-dealkylation sites (N-methyl/N-ethyl adjacent to an activating group) is 1. The van der Waals surface area contributed by atoms with Gasteiger partial charge in [-0.2, -0.15) is 4.98 Å². The summed E-state index contributed by atoms with van der Waals surface area (Å²) >= 11 is 0. The predicted molar refractivity (Wildman–Crippen MR) is 71.2 cm³/mol. The largest absolute Gasteiger partial charge is 0.496 e. The zero-order valence-corrected chi connectivity index (χ0v) is 11.0. The molecule has 0 amide bonds. The first-order chi connectivity index (χ1) is 9.24. The highest BCUT2D eigenvalue weighted by molar-refractivity contribution is 5.75. The Morgan fingerprint density at radius 1 is 1.47 bits per heavy atom. The van der Waals surface area contributed by atoms with E-state index in [2.05, 4.69) is 28.2 Å². The molecule has 1 aliphatic rings. The van der Waals surface area contributed by atoms with Crippen molar-refractivity contribution in [2.45, 2.75) is 13.0 Å². The second-order valence-electron chi connectivity index (χ2n) is 4.53. The van der Waals surface area contributed by atoms with Gasteiger partial charge in [0.25, 0.3) is 0 Å². The normalized spacial score (nSPS) is 13.7. The molecule has 0 spiro atoms. The lowest BCUT2D eigenvalue weighted by atomic mass is 10.1. The number of nitrogens with zero attached hydrogens (tertiary/aromatic N) is 3. The van der Waals surface area contributed by atoms with E-state index in [1.807, 2.05) is 6.07 Å². The fraction of sp³-hybridized carbons (Fsp3) is 0.385. The molecular formula is C13H16N4O2. The SMILES string of the molecule is COc1c(-c2noc(CN)n2)ccc2c1CCN2C. The van der Waals surface area contributed by atoms with E-state index in [0.29, 0.717) is 11.7 Å². The van der Waals surface area contributed by atoms with Crippen molar-refractivity contribution in [3.05, 3.63) is 23.6 Å². The van der Waals surface area contributed by atoms with Crippen LogP contribution in [0.25, 0.3) is 11.4 Å². The fourth-order valence-corrected chi connectivity index (χ4v) is 2.47. The second kappa shape index (κ2) is 4.55. The molecule has 1 aliphatic heterocycles. The third-order valence-corrected chi connectivity index (χ3v) is 3.43. The van der Waals surface area contributed by atoms with Crippen molar-refractivity contribution >= 4 is 5.69 Å². The highest BCUT2D eigenvalue weighted by Crippen LogP contribution is 2.40. The molecule has 2 aromatic rings. The van der Waals surface area contributed by atoms with Gasteiger partial charge < -0.3 is 19.9 Å². The predicted octanol–water partition coefficient (Wildman–Crippen LogP) is 1.20. The third kappa shape index (κ3) is 1.84. The Morgan fingerprint density at radius 3 is 3.00 bits per heavy atom. The van der Waals surface area contributed by atoms with Crippen molar-refractivity contribution in [3.8, 4) is 17.1 Å². The third-order valence-electron chi connectivity index (χ3n) is 3.43. The van der Waals surface area contributed by atoms with E-state index in [9.17, 15) is 0 Å². The molecule has 6 nitrogen and oxygen atoms in total. The summed E-state index contributed by atoms with van der Waals surface area (Å²) in [6.07, 6.45) is 0.963. The molecule has 19 heavy (non-hydrogen) atoms. The summed E-state index contributed by atoms with van der Waals surface area (Å²) in [5.74, 6) is 1.77. The summed E-state index contributed by atoms with van der Waals surface area (Å²) in [7, 11) is 3.74. The lowest BCUT2D eigenvalue weighted by Gasteiger charge is -2.14. The number of hydrogen-bond donors (Lipinski definition) is 1. The number of anilines is 1. The van der Waals surface area contributed by atoms with Crippen LogP contribution >= 0.6 is 0 Å². The van der Waals surface area contributed by atoms with Gasteiger partial charge in [-0.3, -0.25) is 0 Å². The van der Waals surface area contributed by atoms with E-state index in [1.54, 1.807) is 7.11 Å². The monoisotopic (exact) mass is 260 g/mol. The van der Waals surface area contributed by atoms with Crippen LogP contribution in [0.3, 0.4) is 0 Å². The van der Waals surface area contributed by atoms with Crippen LogP contribution in [-0.4, -0.2) is 30.8 Å². The topological polar surface area (TPSA) is 77.4 Å². The van der Waals surface area contributed by atoms with E-state index < -0.39 is 0 Å². The molecule has 0 radical (unpaired) electrons. The van der Waals surface area contributed by atoms with Crippen molar-refractivity contribution in [1.82, 2.24) is 10.1 Å². The molecule has 2 heterocycles. The van der Waals surface area contributed by atoms with E-state index in [4.69, 9.17) is 15.0 Å². The number of methoxy groups -OCH3 is 1. The van der Waals surface area contributed by atoms with Crippen LogP contribution in [0.5, 0.6) is 5.75 Å². The minimum Gasteiger partial charge on any atom is -0.496 e. The first kappa shape index (κ1) is 12.0. The first-order valence-electron chi connectivity index (χ1n) is 6.18. The van der Waals surface area contributed by atoms with Crippen LogP contribution in [-0.2, 0) is 13.0 Å². The lowest BCUT2D eigenvalue weighted by Crippen LogP contribution is -2.12. The molecule has 0 fully saturated rings. The zero-order chi connectivity index (χ0) is 13.4. The van der Waals surface area contributed by atoms with Gasteiger partial charge in [0.1, 0.15) is 5.75 Å². The highest BCUT2D eigenvalue weighted by atomic mass is 16.5. The van der Waals surface area contributed by atoms with Crippen molar-refractivity contribution in [3.63, 3.8) is 0 Å². The lowest BCUT2D eigenvalue weighted by molar-refractivity contribution is 0.379. The molecule has 2 N–H and O–H groups in total. The fourth-order valence-electron chi connectivity index (χ4n) is 2.47. The van der Waals surface area contributed by atoms with Gasteiger partial charge in [-0.15, -0.1) is 0 Å². The van der Waals surface area contributed by atoms with Gasteiger partial charge in [0.2, 0.25) is 11.7 Å². The molecule has 0 unspecified atom stereocenters. The number of ether oxygens (including phenoxy) is 1. The maximum atomic E-state index is 5.55. The Kier molecular flexibility index (Phi) is 2.87. The smallest absolute Gasteiger partial charge is 0.240 e. The van der Waals surface area contributed by atoms with Gasteiger partial charge in [0.05, 0.1) is 19.2 Å². The molecule has 1 aromatic carbocycles. The van der Waals surface area contributed by atoms with Gasteiger partial charge in [-0.1, -0.05) is 5.16 Å². The zero-order valence-electron chi connectivity index (χ0n) is 11.0.